The van der Waals surface area contributed by atoms with E-state index in [1.54, 1.807) is 48.5 Å². The van der Waals surface area contributed by atoms with Crippen LogP contribution in [0, 0.1) is 5.82 Å². The van der Waals surface area contributed by atoms with Crippen LogP contribution in [-0.4, -0.2) is 81.6 Å². The summed E-state index contributed by atoms with van der Waals surface area (Å²) in [6.07, 6.45) is 7.49. The predicted molar refractivity (Wildman–Crippen MR) is 170 cm³/mol. The summed E-state index contributed by atoms with van der Waals surface area (Å²) in [5, 5.41) is 12.5. The van der Waals surface area contributed by atoms with Crippen molar-refractivity contribution in [2.75, 3.05) is 41.4 Å². The maximum absolute atomic E-state index is 15.6. The lowest BCUT2D eigenvalue weighted by Gasteiger charge is -2.14. The Morgan fingerprint density at radius 2 is 1.85 bits per heavy atom. The minimum atomic E-state index is -0.622. The molecule has 0 fully saturated rings. The highest BCUT2D eigenvalue weighted by Crippen LogP contribution is 2.35. The van der Waals surface area contributed by atoms with Gasteiger partial charge in [0.15, 0.2) is 22.9 Å². The van der Waals surface area contributed by atoms with Crippen LogP contribution in [0.5, 0.6) is 17.2 Å². The minimum Gasteiger partial charge on any atom is -0.497 e. The van der Waals surface area contributed by atoms with E-state index in [9.17, 15) is 4.79 Å². The molecule has 2 aromatic carbocycles. The summed E-state index contributed by atoms with van der Waals surface area (Å²) >= 11 is 0. The van der Waals surface area contributed by atoms with Crippen LogP contribution in [0.4, 0.5) is 4.39 Å². The van der Waals surface area contributed by atoms with E-state index in [1.807, 2.05) is 43.3 Å². The van der Waals surface area contributed by atoms with E-state index in [2.05, 4.69) is 25.5 Å². The average Bonchev–Trinajstić information content (AvgIpc) is 3.68. The maximum Gasteiger partial charge on any atom is 0.272 e. The Morgan fingerprint density at radius 3 is 2.61 bits per heavy atom. The first-order valence-corrected chi connectivity index (χ1v) is 14.6. The zero-order valence-electron chi connectivity index (χ0n) is 25.9. The number of carbonyl (C=O) groups excluding carboxylic acids is 1. The van der Waals surface area contributed by atoms with E-state index in [0.717, 1.165) is 18.5 Å². The topological polar surface area (TPSA) is 121 Å². The van der Waals surface area contributed by atoms with Gasteiger partial charge in [0.05, 0.1) is 42.6 Å². The predicted octanol–water partition coefficient (Wildman–Crippen LogP) is 4.55. The number of nitrogens with zero attached hydrogens (tertiary/aromatic N) is 7. The van der Waals surface area contributed by atoms with Gasteiger partial charge in [-0.1, -0.05) is 12.1 Å². The molecule has 0 aliphatic carbocycles. The third-order valence-corrected chi connectivity index (χ3v) is 7.42. The van der Waals surface area contributed by atoms with Crippen LogP contribution in [0.3, 0.4) is 0 Å². The lowest BCUT2D eigenvalue weighted by molar-refractivity contribution is 0.0948. The molecule has 12 nitrogen and oxygen atoms in total. The summed E-state index contributed by atoms with van der Waals surface area (Å²) in [6.45, 7) is 1.41. The first-order chi connectivity index (χ1) is 22.4. The Morgan fingerprint density at radius 1 is 1.02 bits per heavy atom. The molecule has 6 aromatic rings. The number of nitrogens with one attached hydrogen (secondary N) is 1. The molecule has 0 aliphatic heterocycles. The summed E-state index contributed by atoms with van der Waals surface area (Å²) in [6, 6.07) is 13.6. The van der Waals surface area contributed by atoms with Crippen molar-refractivity contribution in [2.24, 2.45) is 0 Å². The Hall–Kier alpha value is -5.56. The Labute approximate surface area is 264 Å². The van der Waals surface area contributed by atoms with Crippen molar-refractivity contribution in [3.05, 3.63) is 90.4 Å². The number of rotatable bonds is 12. The molecule has 1 N–H and O–H groups in total. The van der Waals surface area contributed by atoms with Gasteiger partial charge in [0.2, 0.25) is 0 Å². The number of methoxy groups -OCH3 is 2. The van der Waals surface area contributed by atoms with Crippen LogP contribution >= 0.6 is 0 Å². The SMILES string of the molecule is COc1ccc(COc2cc(OC)c(-n3nc(C(=O)NCCCN(C)C)c4cnc(-c5cnn6cccnc56)cc43)cc2F)cc1. The number of carbonyl (C=O) groups is 1. The molecule has 0 saturated heterocycles. The van der Waals surface area contributed by atoms with Crippen LogP contribution in [0.15, 0.2) is 73.3 Å². The summed E-state index contributed by atoms with van der Waals surface area (Å²) in [7, 11) is 7.02. The number of halogens is 1. The molecule has 236 valence electrons. The molecular weight excluding hydrogens is 591 g/mol. The first kappa shape index (κ1) is 30.5. The molecule has 0 saturated carbocycles. The van der Waals surface area contributed by atoms with Gasteiger partial charge < -0.3 is 24.4 Å². The van der Waals surface area contributed by atoms with E-state index < -0.39 is 5.82 Å². The summed E-state index contributed by atoms with van der Waals surface area (Å²) < 4.78 is 35.5. The Kier molecular flexibility index (Phi) is 8.74. The molecule has 46 heavy (non-hydrogen) atoms. The number of hydrogen-bond acceptors (Lipinski definition) is 9. The second-order valence-electron chi connectivity index (χ2n) is 10.8. The van der Waals surface area contributed by atoms with Gasteiger partial charge in [0.1, 0.15) is 23.8 Å². The van der Waals surface area contributed by atoms with E-state index in [4.69, 9.17) is 14.2 Å². The van der Waals surface area contributed by atoms with Crippen molar-refractivity contribution in [3.63, 3.8) is 0 Å². The van der Waals surface area contributed by atoms with Gasteiger partial charge in [0, 0.05) is 37.3 Å². The minimum absolute atomic E-state index is 0.00604. The van der Waals surface area contributed by atoms with Crippen molar-refractivity contribution in [3.8, 4) is 34.2 Å². The molecule has 4 aromatic heterocycles. The smallest absolute Gasteiger partial charge is 0.272 e. The highest BCUT2D eigenvalue weighted by Gasteiger charge is 2.23. The number of aromatic nitrogens is 6. The van der Waals surface area contributed by atoms with Crippen molar-refractivity contribution < 1.29 is 23.4 Å². The zero-order valence-corrected chi connectivity index (χ0v) is 25.9. The summed E-state index contributed by atoms with van der Waals surface area (Å²) in [5.74, 6) is 0.0265. The zero-order chi connectivity index (χ0) is 32.2. The van der Waals surface area contributed by atoms with E-state index >= 15 is 4.39 Å². The van der Waals surface area contributed by atoms with Crippen LogP contribution in [0.2, 0.25) is 0 Å². The van der Waals surface area contributed by atoms with Crippen molar-refractivity contribution >= 4 is 22.5 Å². The third-order valence-electron chi connectivity index (χ3n) is 7.42. The number of ether oxygens (including phenoxy) is 3. The third kappa shape index (κ3) is 6.17. The van der Waals surface area contributed by atoms with E-state index in [-0.39, 0.29) is 29.6 Å². The molecular formula is C33H33FN8O4. The molecule has 0 bridgehead atoms. The molecule has 0 aliphatic rings. The molecule has 1 amide bonds. The Balaban J connectivity index is 1.40. The lowest BCUT2D eigenvalue weighted by Crippen LogP contribution is -2.27. The molecule has 0 atom stereocenters. The number of fused-ring (bicyclic) bond motifs is 2. The van der Waals surface area contributed by atoms with Gasteiger partial charge >= 0.3 is 0 Å². The number of amides is 1. The second kappa shape index (κ2) is 13.2. The number of benzene rings is 2. The fraction of sp³-hybridized carbons (Fsp3) is 0.242. The Bertz CT molecular complexity index is 2010. The van der Waals surface area contributed by atoms with Gasteiger partial charge in [-0.15, -0.1) is 0 Å². The number of pyridine rings is 1. The molecule has 6 rings (SSSR count). The van der Waals surface area contributed by atoms with E-state index in [1.165, 1.54) is 23.9 Å². The monoisotopic (exact) mass is 624 g/mol. The van der Waals surface area contributed by atoms with Crippen molar-refractivity contribution in [1.82, 2.24) is 39.6 Å². The van der Waals surface area contributed by atoms with Gasteiger partial charge in [0.25, 0.3) is 5.91 Å². The average molecular weight is 625 g/mol. The summed E-state index contributed by atoms with van der Waals surface area (Å²) in [4.78, 5) is 24.5. The fourth-order valence-electron chi connectivity index (χ4n) is 5.04. The van der Waals surface area contributed by atoms with Crippen LogP contribution in [-0.2, 0) is 6.61 Å². The molecule has 0 unspecified atom stereocenters. The summed E-state index contributed by atoms with van der Waals surface area (Å²) in [5.41, 5.74) is 3.64. The second-order valence-corrected chi connectivity index (χ2v) is 10.8. The molecule has 0 radical (unpaired) electrons. The van der Waals surface area contributed by atoms with Gasteiger partial charge in [-0.25, -0.2) is 18.6 Å². The first-order valence-electron chi connectivity index (χ1n) is 14.6. The van der Waals surface area contributed by atoms with Crippen LogP contribution in [0.1, 0.15) is 22.5 Å². The molecule has 0 spiro atoms. The fourth-order valence-corrected chi connectivity index (χ4v) is 5.04. The van der Waals surface area contributed by atoms with Gasteiger partial charge in [-0.3, -0.25) is 9.78 Å². The van der Waals surface area contributed by atoms with Crippen LogP contribution < -0.4 is 19.5 Å². The lowest BCUT2D eigenvalue weighted by atomic mass is 10.1. The molecule has 4 heterocycles. The van der Waals surface area contributed by atoms with Crippen LogP contribution in [0.25, 0.3) is 33.5 Å². The normalized spacial score (nSPS) is 11.3. The van der Waals surface area contributed by atoms with Gasteiger partial charge in [-0.2, -0.15) is 10.2 Å². The highest BCUT2D eigenvalue weighted by molar-refractivity contribution is 6.05. The van der Waals surface area contributed by atoms with Gasteiger partial charge in [-0.05, 0) is 56.9 Å². The molecule has 13 heteroatoms. The number of hydrogen-bond donors (Lipinski definition) is 1. The largest absolute Gasteiger partial charge is 0.497 e. The quantitative estimate of drug-likeness (QED) is 0.196. The maximum atomic E-state index is 15.6. The van der Waals surface area contributed by atoms with Crippen molar-refractivity contribution in [1.29, 1.82) is 0 Å². The highest BCUT2D eigenvalue weighted by atomic mass is 19.1. The van der Waals surface area contributed by atoms with Crippen molar-refractivity contribution in [2.45, 2.75) is 13.0 Å². The van der Waals surface area contributed by atoms with E-state index in [0.29, 0.717) is 45.9 Å². The standard InChI is InChI=1S/C33H33FN8O4/c1-40(2)13-5-12-36-33(43)31-24-18-37-26(23-19-38-41-14-6-11-35-32(23)41)16-27(24)42(39-31)28-15-25(34)29(17-30(28)45-4)46-20-21-7-9-22(44-3)10-8-21/h6-11,14-19H,5,12-13,20H2,1-4H3,(H,36,43).